The maximum atomic E-state index is 11.4. The van der Waals surface area contributed by atoms with Gasteiger partial charge in [0.05, 0.1) is 0 Å². The summed E-state index contributed by atoms with van der Waals surface area (Å²) < 4.78 is 0. The van der Waals surface area contributed by atoms with Gasteiger partial charge in [-0.2, -0.15) is 0 Å². The summed E-state index contributed by atoms with van der Waals surface area (Å²) in [6, 6.07) is 9.79. The van der Waals surface area contributed by atoms with Gasteiger partial charge >= 0.3 is 0 Å². The second kappa shape index (κ2) is 5.18. The zero-order valence-corrected chi connectivity index (χ0v) is 8.53. The summed E-state index contributed by atoms with van der Waals surface area (Å²) in [7, 11) is 0. The maximum Gasteiger partial charge on any atom is 0.181 e. The van der Waals surface area contributed by atoms with Gasteiger partial charge in [-0.25, -0.2) is 0 Å². The lowest BCUT2D eigenvalue weighted by atomic mass is 10.1. The Morgan fingerprint density at radius 3 is 2.43 bits per heavy atom. The van der Waals surface area contributed by atoms with Gasteiger partial charge in [-0.05, 0) is 31.1 Å². The van der Waals surface area contributed by atoms with Crippen molar-refractivity contribution in [2.75, 3.05) is 0 Å². The van der Waals surface area contributed by atoms with Gasteiger partial charge in [0.1, 0.15) is 0 Å². The van der Waals surface area contributed by atoms with Crippen molar-refractivity contribution < 1.29 is 4.79 Å². The molecular formula is C13H14O. The van der Waals surface area contributed by atoms with Crippen LogP contribution >= 0.6 is 0 Å². The van der Waals surface area contributed by atoms with Crippen LogP contribution in [0.2, 0.25) is 0 Å². The van der Waals surface area contributed by atoms with Crippen LogP contribution in [-0.2, 0) is 4.79 Å². The zero-order valence-electron chi connectivity index (χ0n) is 8.53. The molecule has 1 heteroatoms. The third-order valence-electron chi connectivity index (χ3n) is 2.05. The molecule has 0 spiro atoms. The summed E-state index contributed by atoms with van der Waals surface area (Å²) in [6.07, 6.45) is 5.25. The minimum atomic E-state index is 0.0661. The summed E-state index contributed by atoms with van der Waals surface area (Å²) in [5, 5.41) is 0. The number of hydrogen-bond acceptors (Lipinski definition) is 1. The molecule has 1 rings (SSSR count). The lowest BCUT2D eigenvalue weighted by molar-refractivity contribution is -0.111. The molecule has 0 bridgehead atoms. The molecule has 0 aliphatic heterocycles. The Bertz CT molecular complexity index is 358. The molecule has 1 nitrogen and oxygen atoms in total. The molecule has 0 N–H and O–H groups in total. The highest BCUT2D eigenvalue weighted by molar-refractivity contribution is 6.05. The average molecular weight is 186 g/mol. The average Bonchev–Trinajstić information content (AvgIpc) is 2.26. The van der Waals surface area contributed by atoms with E-state index in [9.17, 15) is 4.79 Å². The van der Waals surface area contributed by atoms with E-state index in [1.807, 2.05) is 56.3 Å². The lowest BCUT2D eigenvalue weighted by Crippen LogP contribution is -1.92. The standard InChI is InChI=1S/C13H14O/c1-3-11(2)13(14)10-9-12-7-5-4-6-8-12/h3-10H,1-2H3/b10-9+,11-3+. The Balaban J connectivity index is 2.70. The highest BCUT2D eigenvalue weighted by Crippen LogP contribution is 2.03. The number of rotatable bonds is 3. The first-order valence-corrected chi connectivity index (χ1v) is 4.64. The summed E-state index contributed by atoms with van der Waals surface area (Å²) in [5.41, 5.74) is 1.82. The van der Waals surface area contributed by atoms with Crippen molar-refractivity contribution in [3.8, 4) is 0 Å². The Hall–Kier alpha value is -1.63. The molecule has 0 atom stereocenters. The minimum Gasteiger partial charge on any atom is -0.290 e. The molecular weight excluding hydrogens is 172 g/mol. The van der Waals surface area contributed by atoms with Gasteiger partial charge in [-0.15, -0.1) is 0 Å². The van der Waals surface area contributed by atoms with Crippen molar-refractivity contribution in [1.29, 1.82) is 0 Å². The van der Waals surface area contributed by atoms with E-state index in [4.69, 9.17) is 0 Å². The number of ketones is 1. The molecule has 14 heavy (non-hydrogen) atoms. The topological polar surface area (TPSA) is 17.1 Å². The molecule has 0 aliphatic rings. The fraction of sp³-hybridized carbons (Fsp3) is 0.154. The number of benzene rings is 1. The summed E-state index contributed by atoms with van der Waals surface area (Å²) in [5.74, 6) is 0.0661. The van der Waals surface area contributed by atoms with Crippen LogP contribution in [0, 0.1) is 0 Å². The number of allylic oxidation sites excluding steroid dienone is 3. The Morgan fingerprint density at radius 1 is 1.21 bits per heavy atom. The highest BCUT2D eigenvalue weighted by atomic mass is 16.1. The number of carbonyl (C=O) groups excluding carboxylic acids is 1. The van der Waals surface area contributed by atoms with Crippen molar-refractivity contribution in [2.24, 2.45) is 0 Å². The van der Waals surface area contributed by atoms with Crippen molar-refractivity contribution in [1.82, 2.24) is 0 Å². The van der Waals surface area contributed by atoms with Gasteiger partial charge in [-0.3, -0.25) is 4.79 Å². The maximum absolute atomic E-state index is 11.4. The van der Waals surface area contributed by atoms with Gasteiger partial charge in [0, 0.05) is 0 Å². The van der Waals surface area contributed by atoms with Crippen LogP contribution in [0.4, 0.5) is 0 Å². The van der Waals surface area contributed by atoms with E-state index >= 15 is 0 Å². The molecule has 0 fully saturated rings. The van der Waals surface area contributed by atoms with E-state index in [1.54, 1.807) is 6.08 Å². The molecule has 0 aliphatic carbocycles. The van der Waals surface area contributed by atoms with E-state index in [2.05, 4.69) is 0 Å². The molecule has 0 radical (unpaired) electrons. The molecule has 0 heterocycles. The van der Waals surface area contributed by atoms with Gasteiger partial charge < -0.3 is 0 Å². The number of carbonyl (C=O) groups is 1. The van der Waals surface area contributed by atoms with Gasteiger partial charge in [0.2, 0.25) is 0 Å². The molecule has 0 saturated heterocycles. The third kappa shape index (κ3) is 3.02. The largest absolute Gasteiger partial charge is 0.290 e. The first kappa shape index (κ1) is 10.5. The molecule has 0 amide bonds. The minimum absolute atomic E-state index is 0.0661. The Kier molecular flexibility index (Phi) is 3.86. The zero-order chi connectivity index (χ0) is 10.4. The van der Waals surface area contributed by atoms with Crippen LogP contribution in [-0.4, -0.2) is 5.78 Å². The van der Waals surface area contributed by atoms with Crippen LogP contribution in [0.1, 0.15) is 19.4 Å². The molecule has 1 aromatic carbocycles. The van der Waals surface area contributed by atoms with Crippen molar-refractivity contribution in [3.05, 3.63) is 53.6 Å². The van der Waals surface area contributed by atoms with E-state index in [0.29, 0.717) is 0 Å². The molecule has 0 saturated carbocycles. The quantitative estimate of drug-likeness (QED) is 0.662. The van der Waals surface area contributed by atoms with E-state index in [0.717, 1.165) is 11.1 Å². The van der Waals surface area contributed by atoms with E-state index in [1.165, 1.54) is 0 Å². The van der Waals surface area contributed by atoms with E-state index in [-0.39, 0.29) is 5.78 Å². The fourth-order valence-electron chi connectivity index (χ4n) is 1.01. The van der Waals surface area contributed by atoms with Gasteiger partial charge in [0.15, 0.2) is 5.78 Å². The first-order valence-electron chi connectivity index (χ1n) is 4.64. The summed E-state index contributed by atoms with van der Waals surface area (Å²) in [6.45, 7) is 3.68. The predicted molar refractivity (Wildman–Crippen MR) is 59.9 cm³/mol. The van der Waals surface area contributed by atoms with Crippen LogP contribution < -0.4 is 0 Å². The monoisotopic (exact) mass is 186 g/mol. The molecule has 1 aromatic rings. The van der Waals surface area contributed by atoms with Crippen LogP contribution in [0.25, 0.3) is 6.08 Å². The van der Waals surface area contributed by atoms with Crippen LogP contribution in [0.15, 0.2) is 48.1 Å². The SMILES string of the molecule is C/C=C(\C)C(=O)/C=C/c1ccccc1. The van der Waals surface area contributed by atoms with Crippen molar-refractivity contribution >= 4 is 11.9 Å². The molecule has 0 unspecified atom stereocenters. The summed E-state index contributed by atoms with van der Waals surface area (Å²) in [4.78, 5) is 11.4. The van der Waals surface area contributed by atoms with E-state index < -0.39 is 0 Å². The molecule has 72 valence electrons. The van der Waals surface area contributed by atoms with Crippen molar-refractivity contribution in [2.45, 2.75) is 13.8 Å². The Labute approximate surface area is 84.8 Å². The number of hydrogen-bond donors (Lipinski definition) is 0. The van der Waals surface area contributed by atoms with Gasteiger partial charge in [-0.1, -0.05) is 42.5 Å². The second-order valence-corrected chi connectivity index (χ2v) is 3.08. The third-order valence-corrected chi connectivity index (χ3v) is 2.05. The first-order chi connectivity index (χ1) is 6.74. The highest BCUT2D eigenvalue weighted by Gasteiger charge is 1.96. The smallest absolute Gasteiger partial charge is 0.181 e. The van der Waals surface area contributed by atoms with Crippen LogP contribution in [0.3, 0.4) is 0 Å². The lowest BCUT2D eigenvalue weighted by Gasteiger charge is -1.93. The second-order valence-electron chi connectivity index (χ2n) is 3.08. The summed E-state index contributed by atoms with van der Waals surface area (Å²) >= 11 is 0. The normalized spacial score (nSPS) is 12.0. The molecule has 0 aromatic heterocycles. The van der Waals surface area contributed by atoms with Crippen LogP contribution in [0.5, 0.6) is 0 Å². The van der Waals surface area contributed by atoms with Gasteiger partial charge in [0.25, 0.3) is 0 Å². The fourth-order valence-corrected chi connectivity index (χ4v) is 1.01. The Morgan fingerprint density at radius 2 is 1.86 bits per heavy atom. The van der Waals surface area contributed by atoms with Crippen molar-refractivity contribution in [3.63, 3.8) is 0 Å². The predicted octanol–water partition coefficient (Wildman–Crippen LogP) is 3.24.